The monoisotopic (exact) mass is 375 g/mol. The van der Waals surface area contributed by atoms with E-state index < -0.39 is 21.8 Å². The molecule has 0 aliphatic carbocycles. The van der Waals surface area contributed by atoms with Gasteiger partial charge < -0.3 is 10.6 Å². The van der Waals surface area contributed by atoms with E-state index >= 15 is 0 Å². The topological polar surface area (TPSA) is 119 Å². The summed E-state index contributed by atoms with van der Waals surface area (Å²) in [5, 5.41) is 14.2. The Bertz CT molecular complexity index is 997. The Hall–Kier alpha value is -3.22. The zero-order valence-corrected chi connectivity index (χ0v) is 14.1. The predicted molar refractivity (Wildman–Crippen MR) is 91.8 cm³/mol. The Balaban J connectivity index is 2.05. The largest absolute Gasteiger partial charge is 0.386 e. The van der Waals surface area contributed by atoms with Gasteiger partial charge in [-0.3, -0.25) is 9.35 Å². The second-order valence-corrected chi connectivity index (χ2v) is 6.56. The number of rotatable bonds is 6. The molecule has 0 heterocycles. The summed E-state index contributed by atoms with van der Waals surface area (Å²) in [4.78, 5) is 11.7. The number of amides is 1. The number of benzene rings is 2. The maximum atomic E-state index is 13.1. The molecular formula is C17H14FN3O4S. The number of carbonyl (C=O) groups is 1. The van der Waals surface area contributed by atoms with Crippen LogP contribution in [0, 0.1) is 17.1 Å². The molecule has 0 spiro atoms. The molecule has 3 N–H and O–H groups in total. The molecule has 1 amide bonds. The number of hydrogen-bond donors (Lipinski definition) is 3. The van der Waals surface area contributed by atoms with Crippen molar-refractivity contribution in [2.75, 3.05) is 5.32 Å². The molecule has 2 aromatic carbocycles. The summed E-state index contributed by atoms with van der Waals surface area (Å²) in [7, 11) is -4.41. The standard InChI is InChI=1S/C17H14FN3O4S/c18-14-4-1-3-12(7-14)10-20-11-13(9-19)17(22)21-15-5-2-6-16(8-15)26(23,24)25/h1-8,11,20H,10H2,(H,21,22)(H,23,24,25)/b13-11-. The van der Waals surface area contributed by atoms with Crippen LogP contribution in [0.15, 0.2) is 65.2 Å². The summed E-state index contributed by atoms with van der Waals surface area (Å²) in [6.07, 6.45) is 1.17. The molecule has 0 aromatic heterocycles. The molecular weight excluding hydrogens is 361 g/mol. The number of halogens is 1. The molecule has 0 bridgehead atoms. The van der Waals surface area contributed by atoms with E-state index in [4.69, 9.17) is 9.81 Å². The van der Waals surface area contributed by atoms with Crippen LogP contribution in [-0.4, -0.2) is 18.9 Å². The first-order valence-corrected chi connectivity index (χ1v) is 8.70. The molecule has 2 aromatic rings. The van der Waals surface area contributed by atoms with Crippen molar-refractivity contribution in [2.24, 2.45) is 0 Å². The van der Waals surface area contributed by atoms with E-state index in [2.05, 4.69) is 10.6 Å². The van der Waals surface area contributed by atoms with Crippen molar-refractivity contribution in [3.8, 4) is 6.07 Å². The maximum Gasteiger partial charge on any atom is 0.294 e. The molecule has 0 fully saturated rings. The van der Waals surface area contributed by atoms with Gasteiger partial charge in [0, 0.05) is 18.4 Å². The lowest BCUT2D eigenvalue weighted by atomic mass is 10.2. The molecule has 0 aliphatic rings. The van der Waals surface area contributed by atoms with Gasteiger partial charge >= 0.3 is 0 Å². The third kappa shape index (κ3) is 5.41. The fraction of sp³-hybridized carbons (Fsp3) is 0.0588. The van der Waals surface area contributed by atoms with Crippen molar-refractivity contribution < 1.29 is 22.2 Å². The van der Waals surface area contributed by atoms with Crippen molar-refractivity contribution in [3.63, 3.8) is 0 Å². The van der Waals surface area contributed by atoms with Gasteiger partial charge in [-0.1, -0.05) is 18.2 Å². The first kappa shape index (κ1) is 19.1. The van der Waals surface area contributed by atoms with E-state index in [9.17, 15) is 17.6 Å². The van der Waals surface area contributed by atoms with Crippen LogP contribution in [0.1, 0.15) is 5.56 Å². The number of nitrogens with zero attached hydrogens (tertiary/aromatic N) is 1. The highest BCUT2D eigenvalue weighted by Gasteiger charge is 2.13. The number of anilines is 1. The highest BCUT2D eigenvalue weighted by Crippen LogP contribution is 2.15. The molecule has 0 radical (unpaired) electrons. The lowest BCUT2D eigenvalue weighted by Crippen LogP contribution is -2.17. The van der Waals surface area contributed by atoms with Crippen molar-refractivity contribution >= 4 is 21.7 Å². The van der Waals surface area contributed by atoms with Crippen LogP contribution in [-0.2, 0) is 21.5 Å². The average molecular weight is 375 g/mol. The van der Waals surface area contributed by atoms with Crippen molar-refractivity contribution in [1.29, 1.82) is 5.26 Å². The average Bonchev–Trinajstić information content (AvgIpc) is 2.58. The zero-order chi connectivity index (χ0) is 19.2. The van der Waals surface area contributed by atoms with Gasteiger partial charge in [-0.05, 0) is 35.9 Å². The number of nitrogens with one attached hydrogen (secondary N) is 2. The quantitative estimate of drug-likeness (QED) is 0.405. The van der Waals surface area contributed by atoms with Crippen LogP contribution in [0.4, 0.5) is 10.1 Å². The fourth-order valence-electron chi connectivity index (χ4n) is 2.00. The molecule has 0 saturated carbocycles. The van der Waals surface area contributed by atoms with E-state index in [1.54, 1.807) is 12.1 Å². The van der Waals surface area contributed by atoms with Gasteiger partial charge in [0.25, 0.3) is 16.0 Å². The summed E-state index contributed by atoms with van der Waals surface area (Å²) in [5.74, 6) is -1.17. The molecule has 0 saturated heterocycles. The minimum Gasteiger partial charge on any atom is -0.386 e. The minimum atomic E-state index is -4.41. The van der Waals surface area contributed by atoms with Crippen LogP contribution in [0.3, 0.4) is 0 Å². The molecule has 0 atom stereocenters. The minimum absolute atomic E-state index is 0.0939. The van der Waals surface area contributed by atoms with E-state index in [0.29, 0.717) is 5.56 Å². The van der Waals surface area contributed by atoms with Crippen LogP contribution in [0.25, 0.3) is 0 Å². The van der Waals surface area contributed by atoms with Crippen molar-refractivity contribution in [2.45, 2.75) is 11.4 Å². The second-order valence-electron chi connectivity index (χ2n) is 5.14. The van der Waals surface area contributed by atoms with Gasteiger partial charge in [0.1, 0.15) is 17.5 Å². The highest BCUT2D eigenvalue weighted by molar-refractivity contribution is 7.85. The molecule has 0 aliphatic heterocycles. The Labute approximate surface area is 149 Å². The van der Waals surface area contributed by atoms with Crippen LogP contribution in [0.5, 0.6) is 0 Å². The van der Waals surface area contributed by atoms with E-state index in [0.717, 1.165) is 12.1 Å². The van der Waals surface area contributed by atoms with Crippen LogP contribution >= 0.6 is 0 Å². The van der Waals surface area contributed by atoms with E-state index in [1.807, 2.05) is 0 Å². The molecule has 26 heavy (non-hydrogen) atoms. The van der Waals surface area contributed by atoms with E-state index in [-0.39, 0.29) is 22.7 Å². The van der Waals surface area contributed by atoms with Crippen LogP contribution in [0.2, 0.25) is 0 Å². The predicted octanol–water partition coefficient (Wildman–Crippen LogP) is 2.21. The van der Waals surface area contributed by atoms with Gasteiger partial charge in [-0.15, -0.1) is 0 Å². The third-order valence-electron chi connectivity index (χ3n) is 3.20. The van der Waals surface area contributed by atoms with Crippen LogP contribution < -0.4 is 10.6 Å². The second kappa shape index (κ2) is 8.24. The molecule has 0 unspecified atom stereocenters. The Morgan fingerprint density at radius 3 is 2.62 bits per heavy atom. The zero-order valence-electron chi connectivity index (χ0n) is 13.3. The summed E-state index contributed by atoms with van der Waals surface area (Å²) < 4.78 is 44.3. The van der Waals surface area contributed by atoms with Gasteiger partial charge in [0.05, 0.1) is 4.90 Å². The number of hydrogen-bond acceptors (Lipinski definition) is 5. The first-order chi connectivity index (χ1) is 12.3. The van der Waals surface area contributed by atoms with Gasteiger partial charge in [0.2, 0.25) is 0 Å². The summed E-state index contributed by atoms with van der Waals surface area (Å²) in [5.41, 5.74) is 0.454. The fourth-order valence-corrected chi connectivity index (χ4v) is 2.53. The Kier molecular flexibility index (Phi) is 6.06. The van der Waals surface area contributed by atoms with Gasteiger partial charge in [-0.2, -0.15) is 13.7 Å². The summed E-state index contributed by atoms with van der Waals surface area (Å²) >= 11 is 0. The lowest BCUT2D eigenvalue weighted by Gasteiger charge is -2.06. The SMILES string of the molecule is N#C/C(=C/NCc1cccc(F)c1)C(=O)Nc1cccc(S(=O)(=O)O)c1. The molecule has 134 valence electrons. The highest BCUT2D eigenvalue weighted by atomic mass is 32.2. The Morgan fingerprint density at radius 1 is 1.23 bits per heavy atom. The van der Waals surface area contributed by atoms with Gasteiger partial charge in [-0.25, -0.2) is 4.39 Å². The van der Waals surface area contributed by atoms with Crippen molar-refractivity contribution in [3.05, 3.63) is 71.7 Å². The Morgan fingerprint density at radius 2 is 1.96 bits per heavy atom. The number of nitriles is 1. The van der Waals surface area contributed by atoms with E-state index in [1.165, 1.54) is 36.5 Å². The first-order valence-electron chi connectivity index (χ1n) is 7.26. The normalized spacial score (nSPS) is 11.5. The molecule has 7 nitrogen and oxygen atoms in total. The van der Waals surface area contributed by atoms with Gasteiger partial charge in [0.15, 0.2) is 0 Å². The van der Waals surface area contributed by atoms with Crippen molar-refractivity contribution in [1.82, 2.24) is 5.32 Å². The smallest absolute Gasteiger partial charge is 0.294 e. The molecule has 2 rings (SSSR count). The maximum absolute atomic E-state index is 13.1. The third-order valence-corrected chi connectivity index (χ3v) is 4.05. The number of carbonyl (C=O) groups excluding carboxylic acids is 1. The summed E-state index contributed by atoms with van der Waals surface area (Å²) in [6.45, 7) is 0.203. The molecule has 9 heteroatoms. The lowest BCUT2D eigenvalue weighted by molar-refractivity contribution is -0.112. The summed E-state index contributed by atoms with van der Waals surface area (Å²) in [6, 6.07) is 12.5.